The molecule has 0 aliphatic carbocycles. The van der Waals surface area contributed by atoms with Crippen molar-refractivity contribution in [3.8, 4) is 0 Å². The first-order valence-electron chi connectivity index (χ1n) is 6.40. The molecule has 1 saturated heterocycles. The van der Waals surface area contributed by atoms with Gasteiger partial charge in [0.1, 0.15) is 0 Å². The van der Waals surface area contributed by atoms with E-state index < -0.39 is 0 Å². The summed E-state index contributed by atoms with van der Waals surface area (Å²) in [4.78, 5) is 14.0. The molecular weight excluding hydrogens is 248 g/mol. The van der Waals surface area contributed by atoms with Crippen molar-refractivity contribution >= 4 is 18.3 Å². The van der Waals surface area contributed by atoms with E-state index in [0.717, 1.165) is 44.6 Å². The molecule has 4 heteroatoms. The predicted octanol–water partition coefficient (Wildman–Crippen LogP) is 2.45. The highest BCUT2D eigenvalue weighted by Gasteiger charge is 2.18. The molecule has 1 aliphatic rings. The molecule has 1 fully saturated rings. The highest BCUT2D eigenvalue weighted by molar-refractivity contribution is 5.94. The molecule has 0 radical (unpaired) electrons. The monoisotopic (exact) mass is 268 g/mol. The highest BCUT2D eigenvalue weighted by atomic mass is 35.5. The first kappa shape index (κ1) is 15.0. The second kappa shape index (κ2) is 7.39. The second-order valence-electron chi connectivity index (χ2n) is 4.48. The third kappa shape index (κ3) is 3.72. The number of hydrogen-bond donors (Lipinski definition) is 1. The van der Waals surface area contributed by atoms with E-state index in [4.69, 9.17) is 0 Å². The number of likely N-dealkylation sites (tertiary alicyclic amines) is 1. The van der Waals surface area contributed by atoms with Crippen LogP contribution in [0.3, 0.4) is 0 Å². The number of nitrogens with zero attached hydrogens (tertiary/aromatic N) is 1. The molecule has 1 aromatic rings. The molecule has 2 rings (SSSR count). The zero-order valence-electron chi connectivity index (χ0n) is 10.8. The summed E-state index contributed by atoms with van der Waals surface area (Å²) in [5.41, 5.74) is 2.04. The van der Waals surface area contributed by atoms with Crippen molar-refractivity contribution in [3.63, 3.8) is 0 Å². The molecule has 0 bridgehead atoms. The first-order chi connectivity index (χ1) is 8.31. The third-order valence-electron chi connectivity index (χ3n) is 3.17. The fourth-order valence-corrected chi connectivity index (χ4v) is 2.14. The normalized spacial score (nSPS) is 14.4. The Morgan fingerprint density at radius 3 is 2.39 bits per heavy atom. The lowest BCUT2D eigenvalue weighted by atomic mass is 10.1. The van der Waals surface area contributed by atoms with Gasteiger partial charge < -0.3 is 10.2 Å². The minimum atomic E-state index is 0. The van der Waals surface area contributed by atoms with E-state index in [1.165, 1.54) is 5.56 Å². The van der Waals surface area contributed by atoms with Crippen LogP contribution in [0, 0.1) is 0 Å². The molecule has 0 atom stereocenters. The van der Waals surface area contributed by atoms with Gasteiger partial charge in [-0.2, -0.15) is 0 Å². The van der Waals surface area contributed by atoms with Crippen LogP contribution in [-0.4, -0.2) is 30.4 Å². The van der Waals surface area contributed by atoms with E-state index in [1.807, 2.05) is 29.2 Å². The molecule has 1 aliphatic heterocycles. The molecular formula is C14H21ClN2O. The summed E-state index contributed by atoms with van der Waals surface area (Å²) in [5, 5.41) is 3.27. The minimum Gasteiger partial charge on any atom is -0.339 e. The SMILES string of the molecule is CCNCc1ccc(C(=O)N2CCCC2)cc1.Cl. The van der Waals surface area contributed by atoms with Gasteiger partial charge in [0, 0.05) is 25.2 Å². The number of rotatable bonds is 4. The van der Waals surface area contributed by atoms with Crippen LogP contribution in [-0.2, 0) is 6.54 Å². The van der Waals surface area contributed by atoms with Gasteiger partial charge >= 0.3 is 0 Å². The van der Waals surface area contributed by atoms with Gasteiger partial charge in [-0.15, -0.1) is 12.4 Å². The summed E-state index contributed by atoms with van der Waals surface area (Å²) >= 11 is 0. The van der Waals surface area contributed by atoms with Crippen LogP contribution in [0.5, 0.6) is 0 Å². The molecule has 0 aromatic heterocycles. The maximum atomic E-state index is 12.1. The Bertz CT molecular complexity index is 372. The second-order valence-corrected chi connectivity index (χ2v) is 4.48. The summed E-state index contributed by atoms with van der Waals surface area (Å²) in [6.07, 6.45) is 2.29. The van der Waals surface area contributed by atoms with Crippen molar-refractivity contribution < 1.29 is 4.79 Å². The smallest absolute Gasteiger partial charge is 0.253 e. The number of benzene rings is 1. The van der Waals surface area contributed by atoms with Crippen molar-refractivity contribution in [2.75, 3.05) is 19.6 Å². The van der Waals surface area contributed by atoms with Crippen LogP contribution in [0.4, 0.5) is 0 Å². The number of amides is 1. The summed E-state index contributed by atoms with van der Waals surface area (Å²) < 4.78 is 0. The fourth-order valence-electron chi connectivity index (χ4n) is 2.14. The Morgan fingerprint density at radius 2 is 1.83 bits per heavy atom. The average molecular weight is 269 g/mol. The maximum Gasteiger partial charge on any atom is 0.253 e. The van der Waals surface area contributed by atoms with Gasteiger partial charge in [-0.1, -0.05) is 19.1 Å². The van der Waals surface area contributed by atoms with E-state index in [0.29, 0.717) is 0 Å². The first-order valence-corrected chi connectivity index (χ1v) is 6.40. The van der Waals surface area contributed by atoms with Gasteiger partial charge in [0.15, 0.2) is 0 Å². The zero-order valence-corrected chi connectivity index (χ0v) is 11.6. The van der Waals surface area contributed by atoms with Crippen LogP contribution in [0.1, 0.15) is 35.7 Å². The van der Waals surface area contributed by atoms with E-state index in [1.54, 1.807) is 0 Å². The van der Waals surface area contributed by atoms with E-state index >= 15 is 0 Å². The van der Waals surface area contributed by atoms with Crippen LogP contribution < -0.4 is 5.32 Å². The van der Waals surface area contributed by atoms with Crippen LogP contribution in [0.15, 0.2) is 24.3 Å². The van der Waals surface area contributed by atoms with Gasteiger partial charge in [0.05, 0.1) is 0 Å². The lowest BCUT2D eigenvalue weighted by Gasteiger charge is -2.15. The number of halogens is 1. The topological polar surface area (TPSA) is 32.3 Å². The Labute approximate surface area is 115 Å². The largest absolute Gasteiger partial charge is 0.339 e. The van der Waals surface area contributed by atoms with Gasteiger partial charge in [-0.3, -0.25) is 4.79 Å². The Hall–Kier alpha value is -1.06. The zero-order chi connectivity index (χ0) is 12.1. The number of carbonyl (C=O) groups excluding carboxylic acids is 1. The molecule has 100 valence electrons. The standard InChI is InChI=1S/C14H20N2O.ClH/c1-2-15-11-12-5-7-13(8-6-12)14(17)16-9-3-4-10-16;/h5-8,15H,2-4,9-11H2,1H3;1H. The molecule has 3 nitrogen and oxygen atoms in total. The number of hydrogen-bond acceptors (Lipinski definition) is 2. The lowest BCUT2D eigenvalue weighted by Crippen LogP contribution is -2.27. The number of nitrogens with one attached hydrogen (secondary N) is 1. The summed E-state index contributed by atoms with van der Waals surface area (Å²) in [6.45, 7) is 5.75. The van der Waals surface area contributed by atoms with Crippen LogP contribution >= 0.6 is 12.4 Å². The van der Waals surface area contributed by atoms with Crippen LogP contribution in [0.25, 0.3) is 0 Å². The summed E-state index contributed by atoms with van der Waals surface area (Å²) in [5.74, 6) is 0.178. The third-order valence-corrected chi connectivity index (χ3v) is 3.17. The van der Waals surface area contributed by atoms with E-state index in [-0.39, 0.29) is 18.3 Å². The minimum absolute atomic E-state index is 0. The Balaban J connectivity index is 0.00000162. The molecule has 1 heterocycles. The van der Waals surface area contributed by atoms with Gasteiger partial charge in [-0.25, -0.2) is 0 Å². The van der Waals surface area contributed by atoms with Gasteiger partial charge in [-0.05, 0) is 37.1 Å². The average Bonchev–Trinajstić information content (AvgIpc) is 2.90. The molecule has 1 N–H and O–H groups in total. The molecule has 1 aromatic carbocycles. The Morgan fingerprint density at radius 1 is 1.22 bits per heavy atom. The molecule has 0 saturated carbocycles. The fraction of sp³-hybridized carbons (Fsp3) is 0.500. The molecule has 18 heavy (non-hydrogen) atoms. The maximum absolute atomic E-state index is 12.1. The summed E-state index contributed by atoms with van der Waals surface area (Å²) in [7, 11) is 0. The van der Waals surface area contributed by atoms with E-state index in [9.17, 15) is 4.79 Å². The molecule has 1 amide bonds. The lowest BCUT2D eigenvalue weighted by molar-refractivity contribution is 0.0793. The van der Waals surface area contributed by atoms with Crippen molar-refractivity contribution in [1.82, 2.24) is 10.2 Å². The number of carbonyl (C=O) groups is 1. The predicted molar refractivity (Wildman–Crippen MR) is 76.2 cm³/mol. The highest BCUT2D eigenvalue weighted by Crippen LogP contribution is 2.13. The van der Waals surface area contributed by atoms with Crippen molar-refractivity contribution in [2.45, 2.75) is 26.3 Å². The van der Waals surface area contributed by atoms with Crippen molar-refractivity contribution in [2.24, 2.45) is 0 Å². The Kier molecular flexibility index (Phi) is 6.16. The van der Waals surface area contributed by atoms with Crippen LogP contribution in [0.2, 0.25) is 0 Å². The molecule has 0 unspecified atom stereocenters. The van der Waals surface area contributed by atoms with E-state index in [2.05, 4.69) is 12.2 Å². The van der Waals surface area contributed by atoms with Gasteiger partial charge in [0.2, 0.25) is 0 Å². The van der Waals surface area contributed by atoms with Crippen molar-refractivity contribution in [1.29, 1.82) is 0 Å². The summed E-state index contributed by atoms with van der Waals surface area (Å²) in [6, 6.07) is 7.94. The quantitative estimate of drug-likeness (QED) is 0.910. The van der Waals surface area contributed by atoms with Crippen molar-refractivity contribution in [3.05, 3.63) is 35.4 Å². The molecule has 0 spiro atoms. The van der Waals surface area contributed by atoms with Gasteiger partial charge in [0.25, 0.3) is 5.91 Å².